The highest BCUT2D eigenvalue weighted by molar-refractivity contribution is 7.77. The van der Waals surface area contributed by atoms with E-state index in [1.165, 1.54) is 17.8 Å². The normalized spacial score (nSPS) is 11.6. The number of aliphatic imine (C=N–C) groups is 1. The highest BCUT2D eigenvalue weighted by Gasteiger charge is 2.15. The molecule has 1 aromatic heterocycles. The molecule has 150 valence electrons. The molecular formula is C20H26FN4O2S+. The van der Waals surface area contributed by atoms with Gasteiger partial charge < -0.3 is 14.4 Å². The molecule has 28 heavy (non-hydrogen) atoms. The Hall–Kier alpha value is -2.45. The quantitative estimate of drug-likeness (QED) is 0.437. The molecular weight excluding hydrogens is 379 g/mol. The number of aromatic nitrogens is 1. The highest BCUT2D eigenvalue weighted by Crippen LogP contribution is 2.31. The maximum absolute atomic E-state index is 13.3. The molecule has 0 unspecified atom stereocenters. The van der Waals surface area contributed by atoms with Crippen LogP contribution >= 0.6 is 0 Å². The topological polar surface area (TPSA) is 70.8 Å². The minimum Gasteiger partial charge on any atom is -0.493 e. The van der Waals surface area contributed by atoms with Crippen molar-refractivity contribution in [1.82, 2.24) is 9.88 Å². The van der Waals surface area contributed by atoms with Gasteiger partial charge in [0.2, 0.25) is 0 Å². The minimum atomic E-state index is -0.532. The summed E-state index contributed by atoms with van der Waals surface area (Å²) >= 11 is 3.27. The van der Waals surface area contributed by atoms with Gasteiger partial charge in [-0.1, -0.05) is 6.92 Å². The molecule has 0 amide bonds. The smallest absolute Gasteiger partial charge is 0.414 e. The Morgan fingerprint density at radius 1 is 1.29 bits per heavy atom. The number of hydrogen-bond donors (Lipinski definition) is 1. The summed E-state index contributed by atoms with van der Waals surface area (Å²) in [5.74, 6) is 0.346. The molecule has 1 N–H and O–H groups in total. The van der Waals surface area contributed by atoms with Crippen LogP contribution in [0.25, 0.3) is 0 Å². The first-order valence-electron chi connectivity index (χ1n) is 8.87. The van der Waals surface area contributed by atoms with E-state index >= 15 is 0 Å². The van der Waals surface area contributed by atoms with Crippen LogP contribution in [0.4, 0.5) is 4.39 Å². The largest absolute Gasteiger partial charge is 0.493 e. The summed E-state index contributed by atoms with van der Waals surface area (Å²) in [7, 11) is 3.66. The summed E-state index contributed by atoms with van der Waals surface area (Å²) < 4.78 is 24.4. The third-order valence-corrected chi connectivity index (χ3v) is 4.54. The Balaban J connectivity index is 2.17. The SMILES string of the molecule is CCN(C)CCc1cc(OC)c(OC([SH2+])=NC(=N)c2cncc(F)c2)cc1C. The third kappa shape index (κ3) is 6.03. The highest BCUT2D eigenvalue weighted by atomic mass is 32.1. The van der Waals surface area contributed by atoms with E-state index in [1.807, 2.05) is 19.1 Å². The van der Waals surface area contributed by atoms with E-state index < -0.39 is 5.82 Å². The molecule has 0 spiro atoms. The van der Waals surface area contributed by atoms with Crippen molar-refractivity contribution in [2.24, 2.45) is 4.99 Å². The molecule has 0 bridgehead atoms. The standard InChI is InChI=1S/C20H25FN4O2S/c1-5-25(3)7-6-14-10-17(26-4)18(8-13(14)2)27-20(28)24-19(22)15-9-16(21)12-23-11-15/h8-12H,5-7H2,1-4H3,(H2,22,24,28)/p+1. The minimum absolute atomic E-state index is 0.0606. The van der Waals surface area contributed by atoms with E-state index in [4.69, 9.17) is 14.9 Å². The molecule has 0 saturated carbocycles. The van der Waals surface area contributed by atoms with Crippen LogP contribution in [-0.4, -0.2) is 48.2 Å². The lowest BCUT2D eigenvalue weighted by Gasteiger charge is -2.16. The van der Waals surface area contributed by atoms with Crippen LogP contribution in [0.3, 0.4) is 0 Å². The number of nitrogens with zero attached hydrogens (tertiary/aromatic N) is 3. The molecule has 0 aliphatic rings. The van der Waals surface area contributed by atoms with Crippen molar-refractivity contribution in [2.75, 3.05) is 27.2 Å². The van der Waals surface area contributed by atoms with E-state index in [1.54, 1.807) is 7.11 Å². The van der Waals surface area contributed by atoms with Gasteiger partial charge in [0.25, 0.3) is 0 Å². The van der Waals surface area contributed by atoms with Gasteiger partial charge in [-0.15, -0.1) is 4.99 Å². The number of nitrogens with one attached hydrogen (secondary N) is 1. The molecule has 0 aliphatic carbocycles. The monoisotopic (exact) mass is 405 g/mol. The van der Waals surface area contributed by atoms with Crippen LogP contribution in [-0.2, 0) is 19.0 Å². The number of ether oxygens (including phenoxy) is 2. The summed E-state index contributed by atoms with van der Waals surface area (Å²) in [5, 5.41) is 8.03. The first-order chi connectivity index (χ1) is 13.3. The van der Waals surface area contributed by atoms with Gasteiger partial charge in [0.15, 0.2) is 17.3 Å². The van der Waals surface area contributed by atoms with E-state index in [0.29, 0.717) is 11.5 Å². The fourth-order valence-electron chi connectivity index (χ4n) is 2.52. The van der Waals surface area contributed by atoms with Gasteiger partial charge in [0, 0.05) is 18.3 Å². The van der Waals surface area contributed by atoms with Gasteiger partial charge in [-0.05, 0) is 56.3 Å². The molecule has 0 fully saturated rings. The number of aryl methyl sites for hydroxylation is 1. The number of benzene rings is 1. The number of pyridine rings is 1. The lowest BCUT2D eigenvalue weighted by atomic mass is 10.0. The average molecular weight is 406 g/mol. The van der Waals surface area contributed by atoms with Gasteiger partial charge >= 0.3 is 5.23 Å². The summed E-state index contributed by atoms with van der Waals surface area (Å²) in [4.78, 5) is 9.96. The van der Waals surface area contributed by atoms with Crippen LogP contribution in [0.5, 0.6) is 11.5 Å². The van der Waals surface area contributed by atoms with E-state index in [9.17, 15) is 4.39 Å². The molecule has 0 atom stereocenters. The summed E-state index contributed by atoms with van der Waals surface area (Å²) in [6.07, 6.45) is 3.33. The van der Waals surface area contributed by atoms with Crippen molar-refractivity contribution < 1.29 is 13.9 Å². The van der Waals surface area contributed by atoms with E-state index in [-0.39, 0.29) is 16.6 Å². The van der Waals surface area contributed by atoms with Crippen molar-refractivity contribution in [2.45, 2.75) is 20.3 Å². The van der Waals surface area contributed by atoms with Crippen LogP contribution in [0.15, 0.2) is 35.6 Å². The molecule has 2 aromatic rings. The maximum atomic E-state index is 13.3. The Morgan fingerprint density at radius 2 is 2.04 bits per heavy atom. The number of amidine groups is 1. The predicted octanol–water partition coefficient (Wildman–Crippen LogP) is 2.80. The number of halogens is 1. The molecule has 0 saturated heterocycles. The zero-order valence-corrected chi connectivity index (χ0v) is 17.5. The van der Waals surface area contributed by atoms with Crippen LogP contribution in [0, 0.1) is 18.2 Å². The molecule has 6 nitrogen and oxygen atoms in total. The lowest BCUT2D eigenvalue weighted by molar-refractivity contribution is 0.356. The molecule has 1 heterocycles. The molecule has 1 aromatic carbocycles. The van der Waals surface area contributed by atoms with Gasteiger partial charge in [-0.2, -0.15) is 0 Å². The van der Waals surface area contributed by atoms with Gasteiger partial charge in [-0.3, -0.25) is 10.4 Å². The van der Waals surface area contributed by atoms with Crippen LogP contribution < -0.4 is 9.47 Å². The van der Waals surface area contributed by atoms with Gasteiger partial charge in [-0.25, -0.2) is 4.39 Å². The average Bonchev–Trinajstić information content (AvgIpc) is 2.66. The fraction of sp³-hybridized carbons (Fsp3) is 0.350. The Kier molecular flexibility index (Phi) is 7.95. The Bertz CT molecular complexity index is 873. The number of methoxy groups -OCH3 is 1. The van der Waals surface area contributed by atoms with E-state index in [2.05, 4.69) is 41.5 Å². The third-order valence-electron chi connectivity index (χ3n) is 4.32. The maximum Gasteiger partial charge on any atom is 0.414 e. The molecule has 2 rings (SSSR count). The lowest BCUT2D eigenvalue weighted by Crippen LogP contribution is -2.20. The predicted molar refractivity (Wildman–Crippen MR) is 114 cm³/mol. The van der Waals surface area contributed by atoms with Crippen molar-refractivity contribution >= 4 is 23.7 Å². The molecule has 0 aliphatic heterocycles. The van der Waals surface area contributed by atoms with Crippen molar-refractivity contribution in [3.05, 3.63) is 53.1 Å². The zero-order chi connectivity index (χ0) is 20.7. The van der Waals surface area contributed by atoms with Crippen molar-refractivity contribution in [3.63, 3.8) is 0 Å². The second-order valence-electron chi connectivity index (χ2n) is 6.33. The van der Waals surface area contributed by atoms with Crippen molar-refractivity contribution in [3.8, 4) is 11.5 Å². The van der Waals surface area contributed by atoms with E-state index in [0.717, 1.165) is 31.3 Å². The second-order valence-corrected chi connectivity index (χ2v) is 6.76. The summed E-state index contributed by atoms with van der Waals surface area (Å²) in [5.41, 5.74) is 2.50. The van der Waals surface area contributed by atoms with Crippen LogP contribution in [0.2, 0.25) is 0 Å². The van der Waals surface area contributed by atoms with Crippen LogP contribution in [0.1, 0.15) is 23.6 Å². The molecule has 8 heteroatoms. The Morgan fingerprint density at radius 3 is 2.68 bits per heavy atom. The summed E-state index contributed by atoms with van der Waals surface area (Å²) in [6, 6.07) is 5.02. The number of likely N-dealkylation sites (N-methyl/N-ethyl adjacent to an activating group) is 1. The second kappa shape index (κ2) is 10.2. The van der Waals surface area contributed by atoms with Gasteiger partial charge in [0.1, 0.15) is 5.82 Å². The molecule has 0 radical (unpaired) electrons. The number of rotatable bonds is 7. The fourth-order valence-corrected chi connectivity index (χ4v) is 2.74. The first kappa shape index (κ1) is 21.8. The Labute approximate surface area is 170 Å². The van der Waals surface area contributed by atoms with Gasteiger partial charge in [0.05, 0.1) is 25.9 Å². The van der Waals surface area contributed by atoms with Crippen molar-refractivity contribution in [1.29, 1.82) is 5.41 Å². The first-order valence-corrected chi connectivity index (χ1v) is 9.37. The number of hydrogen-bond acceptors (Lipinski definition) is 5. The summed E-state index contributed by atoms with van der Waals surface area (Å²) in [6.45, 7) is 6.08. The zero-order valence-electron chi connectivity index (χ0n) is 16.5.